The summed E-state index contributed by atoms with van der Waals surface area (Å²) in [5, 5.41) is 17.6. The first kappa shape index (κ1) is 22.9. The van der Waals surface area contributed by atoms with Gasteiger partial charge in [0.15, 0.2) is 0 Å². The second kappa shape index (κ2) is 11.1. The summed E-state index contributed by atoms with van der Waals surface area (Å²) in [4.78, 5) is 27.4. The fourth-order valence-corrected chi connectivity index (χ4v) is 4.50. The van der Waals surface area contributed by atoms with E-state index in [9.17, 15) is 9.59 Å². The first-order valence-corrected chi connectivity index (χ1v) is 11.9. The number of nitrogens with one attached hydrogen (secondary N) is 2. The average molecular weight is 466 g/mol. The molecule has 1 aromatic heterocycles. The maximum Gasteiger partial charge on any atom is 0.251 e. The summed E-state index contributed by atoms with van der Waals surface area (Å²) >= 11 is 1.25. The van der Waals surface area contributed by atoms with Gasteiger partial charge in [-0.05, 0) is 66.2 Å². The number of rotatable bonds is 9. The molecule has 33 heavy (non-hydrogen) atoms. The zero-order chi connectivity index (χ0) is 23.0. The fraction of sp³-hybridized carbons (Fsp3) is 0.348. The third-order valence-electron chi connectivity index (χ3n) is 5.57. The van der Waals surface area contributed by atoms with Crippen LogP contribution in [-0.2, 0) is 11.8 Å². The summed E-state index contributed by atoms with van der Waals surface area (Å²) in [5.41, 5.74) is 2.40. The maximum absolute atomic E-state index is 12.8. The van der Waals surface area contributed by atoms with Gasteiger partial charge in [0.25, 0.3) is 5.91 Å². The van der Waals surface area contributed by atoms with Gasteiger partial charge in [0, 0.05) is 24.8 Å². The summed E-state index contributed by atoms with van der Waals surface area (Å²) in [6.07, 6.45) is 2.39. The van der Waals surface area contributed by atoms with Crippen LogP contribution in [-0.4, -0.2) is 62.3 Å². The molecule has 0 unspecified atom stereocenters. The van der Waals surface area contributed by atoms with Gasteiger partial charge >= 0.3 is 0 Å². The highest BCUT2D eigenvalue weighted by Gasteiger charge is 2.24. The molecule has 0 aliphatic carbocycles. The third-order valence-corrected chi connectivity index (χ3v) is 6.58. The predicted molar refractivity (Wildman–Crippen MR) is 127 cm³/mol. The van der Waals surface area contributed by atoms with Crippen LogP contribution in [0.2, 0.25) is 0 Å². The number of thioether (sulfide) groups is 1. The molecule has 10 heteroatoms. The van der Waals surface area contributed by atoms with Crippen LogP contribution in [0, 0.1) is 0 Å². The Bertz CT molecular complexity index is 1070. The van der Waals surface area contributed by atoms with Crippen LogP contribution < -0.4 is 10.6 Å². The van der Waals surface area contributed by atoms with E-state index >= 15 is 0 Å². The molecular weight excluding hydrogens is 438 g/mol. The minimum Gasteiger partial charge on any atom is -0.350 e. The second-order valence-corrected chi connectivity index (χ2v) is 8.82. The van der Waals surface area contributed by atoms with Crippen molar-refractivity contribution in [1.82, 2.24) is 30.4 Å². The van der Waals surface area contributed by atoms with Crippen molar-refractivity contribution < 1.29 is 9.59 Å². The molecule has 0 radical (unpaired) electrons. The van der Waals surface area contributed by atoms with Gasteiger partial charge < -0.3 is 10.6 Å². The zero-order valence-corrected chi connectivity index (χ0v) is 19.3. The number of hydrogen-bond acceptors (Lipinski definition) is 7. The van der Waals surface area contributed by atoms with Crippen molar-refractivity contribution in [3.63, 3.8) is 0 Å². The standard InChI is InChI=1S/C23H27N7O2S/c1-29-23(26-27-28-29)33-16-21(31)25-19-11-9-18(10-12-19)22(32)24-15-20(30-13-5-6-14-30)17-7-3-2-4-8-17/h2-4,7-12,20H,5-6,13-16H2,1H3,(H,24,32)(H,25,31)/t20-/m1/s1. The van der Waals surface area contributed by atoms with Gasteiger partial charge in [0.2, 0.25) is 11.1 Å². The summed E-state index contributed by atoms with van der Waals surface area (Å²) in [7, 11) is 1.72. The Balaban J connectivity index is 1.30. The van der Waals surface area contributed by atoms with Gasteiger partial charge in [-0.1, -0.05) is 42.1 Å². The molecule has 0 saturated carbocycles. The van der Waals surface area contributed by atoms with Crippen LogP contribution in [0.4, 0.5) is 5.69 Å². The molecule has 0 bridgehead atoms. The van der Waals surface area contributed by atoms with Crippen molar-refractivity contribution in [2.75, 3.05) is 30.7 Å². The van der Waals surface area contributed by atoms with Crippen molar-refractivity contribution in [1.29, 1.82) is 0 Å². The van der Waals surface area contributed by atoms with Crippen LogP contribution in [0.1, 0.15) is 34.8 Å². The van der Waals surface area contributed by atoms with Gasteiger partial charge in [-0.3, -0.25) is 14.5 Å². The van der Waals surface area contributed by atoms with Crippen LogP contribution in [0.3, 0.4) is 0 Å². The zero-order valence-electron chi connectivity index (χ0n) is 18.5. The lowest BCUT2D eigenvalue weighted by Crippen LogP contribution is -2.36. The molecular formula is C23H27N7O2S. The second-order valence-electron chi connectivity index (χ2n) is 7.88. The van der Waals surface area contributed by atoms with E-state index in [-0.39, 0.29) is 23.6 Å². The van der Waals surface area contributed by atoms with E-state index in [2.05, 4.69) is 43.2 Å². The number of benzene rings is 2. The lowest BCUT2D eigenvalue weighted by Gasteiger charge is -2.28. The molecule has 9 nitrogen and oxygen atoms in total. The SMILES string of the molecule is Cn1nnnc1SCC(=O)Nc1ccc(C(=O)NC[C@H](c2ccccc2)N2CCCC2)cc1. The number of carbonyl (C=O) groups excluding carboxylic acids is 2. The van der Waals surface area contributed by atoms with Gasteiger partial charge in [0.05, 0.1) is 11.8 Å². The van der Waals surface area contributed by atoms with Gasteiger partial charge in [-0.15, -0.1) is 5.10 Å². The molecule has 2 N–H and O–H groups in total. The normalized spacial score (nSPS) is 14.7. The molecule has 1 fully saturated rings. The van der Waals surface area contributed by atoms with Gasteiger partial charge in [0.1, 0.15) is 0 Å². The van der Waals surface area contributed by atoms with Crippen molar-refractivity contribution >= 4 is 29.3 Å². The fourth-order valence-electron chi connectivity index (χ4n) is 3.85. The van der Waals surface area contributed by atoms with E-state index in [0.29, 0.717) is 23.0 Å². The van der Waals surface area contributed by atoms with Crippen molar-refractivity contribution in [2.24, 2.45) is 7.05 Å². The van der Waals surface area contributed by atoms with E-state index in [4.69, 9.17) is 0 Å². The number of aromatic nitrogens is 4. The van der Waals surface area contributed by atoms with E-state index in [1.165, 1.54) is 34.8 Å². The molecule has 4 rings (SSSR count). The average Bonchev–Trinajstić information content (AvgIpc) is 3.51. The quantitative estimate of drug-likeness (QED) is 0.468. The molecule has 3 aromatic rings. The molecule has 2 heterocycles. The van der Waals surface area contributed by atoms with Crippen LogP contribution in [0.15, 0.2) is 59.8 Å². The van der Waals surface area contributed by atoms with Crippen LogP contribution in [0.25, 0.3) is 0 Å². The Hall–Kier alpha value is -3.24. The molecule has 1 aliphatic rings. The molecule has 2 aromatic carbocycles. The minimum absolute atomic E-state index is 0.127. The highest BCUT2D eigenvalue weighted by atomic mass is 32.2. The smallest absolute Gasteiger partial charge is 0.251 e. The summed E-state index contributed by atoms with van der Waals surface area (Å²) in [5.74, 6) is -0.108. The van der Waals surface area contributed by atoms with Crippen molar-refractivity contribution in [2.45, 2.75) is 24.0 Å². The number of tetrazole rings is 1. The third kappa shape index (κ3) is 6.17. The number of likely N-dealkylation sites (tertiary alicyclic amines) is 1. The Labute approximate surface area is 196 Å². The van der Waals surface area contributed by atoms with E-state index in [0.717, 1.165) is 13.1 Å². The first-order chi connectivity index (χ1) is 16.1. The number of hydrogen-bond donors (Lipinski definition) is 2. The first-order valence-electron chi connectivity index (χ1n) is 10.9. The largest absolute Gasteiger partial charge is 0.350 e. The van der Waals surface area contributed by atoms with Crippen molar-refractivity contribution in [3.05, 3.63) is 65.7 Å². The van der Waals surface area contributed by atoms with E-state index in [1.54, 1.807) is 31.3 Å². The minimum atomic E-state index is -0.170. The number of amides is 2. The number of carbonyl (C=O) groups is 2. The van der Waals surface area contributed by atoms with Crippen LogP contribution in [0.5, 0.6) is 0 Å². The molecule has 172 valence electrons. The Kier molecular flexibility index (Phi) is 7.69. The summed E-state index contributed by atoms with van der Waals surface area (Å²) in [6, 6.07) is 17.4. The van der Waals surface area contributed by atoms with E-state index < -0.39 is 0 Å². The summed E-state index contributed by atoms with van der Waals surface area (Å²) in [6.45, 7) is 2.65. The number of aryl methyl sites for hydroxylation is 1. The highest BCUT2D eigenvalue weighted by Crippen LogP contribution is 2.24. The Morgan fingerprint density at radius 1 is 1.06 bits per heavy atom. The maximum atomic E-state index is 12.8. The lowest BCUT2D eigenvalue weighted by atomic mass is 10.1. The molecule has 2 amide bonds. The molecule has 1 aliphatic heterocycles. The monoisotopic (exact) mass is 465 g/mol. The van der Waals surface area contributed by atoms with Crippen LogP contribution >= 0.6 is 11.8 Å². The number of nitrogens with zero attached hydrogens (tertiary/aromatic N) is 5. The van der Waals surface area contributed by atoms with Gasteiger partial charge in [-0.25, -0.2) is 4.68 Å². The molecule has 1 atom stereocenters. The molecule has 0 spiro atoms. The van der Waals surface area contributed by atoms with E-state index in [1.807, 2.05) is 18.2 Å². The Morgan fingerprint density at radius 2 is 1.79 bits per heavy atom. The highest BCUT2D eigenvalue weighted by molar-refractivity contribution is 7.99. The van der Waals surface area contributed by atoms with Gasteiger partial charge in [-0.2, -0.15) is 0 Å². The molecule has 1 saturated heterocycles. The summed E-state index contributed by atoms with van der Waals surface area (Å²) < 4.78 is 1.51. The lowest BCUT2D eigenvalue weighted by molar-refractivity contribution is -0.113. The predicted octanol–water partition coefficient (Wildman–Crippen LogP) is 2.51. The van der Waals surface area contributed by atoms with Crippen molar-refractivity contribution in [3.8, 4) is 0 Å². The Morgan fingerprint density at radius 3 is 2.45 bits per heavy atom. The number of anilines is 1. The topological polar surface area (TPSA) is 105 Å².